The van der Waals surface area contributed by atoms with E-state index in [0.29, 0.717) is 6.54 Å². The first-order chi connectivity index (χ1) is 8.24. The third kappa shape index (κ3) is 2.68. The van der Waals surface area contributed by atoms with Gasteiger partial charge in [-0.15, -0.1) is 0 Å². The zero-order valence-electron chi connectivity index (χ0n) is 9.61. The van der Waals surface area contributed by atoms with Gasteiger partial charge < -0.3 is 10.5 Å². The molecule has 0 unspecified atom stereocenters. The maximum atomic E-state index is 5.78. The van der Waals surface area contributed by atoms with E-state index in [1.54, 1.807) is 7.11 Å². The Labute approximate surface area is 110 Å². The second-order valence-corrected chi connectivity index (χ2v) is 4.65. The van der Waals surface area contributed by atoms with Crippen molar-refractivity contribution in [2.75, 3.05) is 7.11 Å². The van der Waals surface area contributed by atoms with Crippen LogP contribution >= 0.6 is 15.9 Å². The molecule has 0 atom stereocenters. The summed E-state index contributed by atoms with van der Waals surface area (Å²) in [5, 5.41) is 0. The highest BCUT2D eigenvalue weighted by molar-refractivity contribution is 9.10. The lowest BCUT2D eigenvalue weighted by Crippen LogP contribution is -1.99. The molecule has 0 aliphatic carbocycles. The average molecular weight is 292 g/mol. The molecule has 2 N–H and O–H groups in total. The van der Waals surface area contributed by atoms with Gasteiger partial charge in [0.05, 0.1) is 7.11 Å². The van der Waals surface area contributed by atoms with E-state index in [4.69, 9.17) is 10.5 Å². The van der Waals surface area contributed by atoms with E-state index in [-0.39, 0.29) is 0 Å². The van der Waals surface area contributed by atoms with Gasteiger partial charge in [-0.3, -0.25) is 0 Å². The average Bonchev–Trinajstić information content (AvgIpc) is 2.38. The van der Waals surface area contributed by atoms with E-state index in [2.05, 4.69) is 28.1 Å². The summed E-state index contributed by atoms with van der Waals surface area (Å²) in [6, 6.07) is 14.2. The number of benzene rings is 2. The van der Waals surface area contributed by atoms with Crippen molar-refractivity contribution in [3.63, 3.8) is 0 Å². The predicted octanol–water partition coefficient (Wildman–Crippen LogP) is 3.58. The van der Waals surface area contributed by atoms with Crippen molar-refractivity contribution in [3.8, 4) is 16.9 Å². The predicted molar refractivity (Wildman–Crippen MR) is 74.0 cm³/mol. The third-order valence-electron chi connectivity index (χ3n) is 2.67. The van der Waals surface area contributed by atoms with Crippen LogP contribution in [0.1, 0.15) is 5.56 Å². The molecule has 88 valence electrons. The van der Waals surface area contributed by atoms with Gasteiger partial charge in [0.2, 0.25) is 0 Å². The van der Waals surface area contributed by atoms with Crippen LogP contribution in [0, 0.1) is 0 Å². The first-order valence-electron chi connectivity index (χ1n) is 5.37. The lowest BCUT2D eigenvalue weighted by Gasteiger charge is -2.10. The van der Waals surface area contributed by atoms with Gasteiger partial charge in [-0.2, -0.15) is 0 Å². The van der Waals surface area contributed by atoms with Crippen LogP contribution in [0.4, 0.5) is 0 Å². The lowest BCUT2D eigenvalue weighted by molar-refractivity contribution is 0.414. The molecule has 17 heavy (non-hydrogen) atoms. The summed E-state index contributed by atoms with van der Waals surface area (Å²) in [5.41, 5.74) is 9.17. The quantitative estimate of drug-likeness (QED) is 0.938. The monoisotopic (exact) mass is 291 g/mol. The normalized spacial score (nSPS) is 10.3. The zero-order valence-corrected chi connectivity index (χ0v) is 11.2. The summed E-state index contributed by atoms with van der Waals surface area (Å²) >= 11 is 3.48. The van der Waals surface area contributed by atoms with Gasteiger partial charge >= 0.3 is 0 Å². The highest BCUT2D eigenvalue weighted by Crippen LogP contribution is 2.28. The molecule has 0 amide bonds. The van der Waals surface area contributed by atoms with Crippen LogP contribution in [-0.4, -0.2) is 7.11 Å². The molecular weight excluding hydrogens is 278 g/mol. The lowest BCUT2D eigenvalue weighted by atomic mass is 9.99. The Hall–Kier alpha value is -1.32. The van der Waals surface area contributed by atoms with Crippen molar-refractivity contribution in [1.82, 2.24) is 0 Å². The fourth-order valence-corrected chi connectivity index (χ4v) is 2.20. The number of methoxy groups -OCH3 is 1. The van der Waals surface area contributed by atoms with Crippen molar-refractivity contribution in [3.05, 3.63) is 52.5 Å². The smallest absolute Gasteiger partial charge is 0.119 e. The minimum absolute atomic E-state index is 0.499. The van der Waals surface area contributed by atoms with Crippen LogP contribution in [0.25, 0.3) is 11.1 Å². The molecule has 2 aromatic carbocycles. The van der Waals surface area contributed by atoms with Crippen molar-refractivity contribution in [2.24, 2.45) is 5.73 Å². The highest BCUT2D eigenvalue weighted by atomic mass is 79.9. The minimum Gasteiger partial charge on any atom is -0.497 e. The standard InChI is InChI=1S/C14H14BrNO/c1-17-13-5-6-14(11(8-13)9-16)10-3-2-4-12(15)7-10/h2-8H,9,16H2,1H3. The fourth-order valence-electron chi connectivity index (χ4n) is 1.80. The SMILES string of the molecule is COc1ccc(-c2cccc(Br)c2)c(CN)c1. The first kappa shape index (κ1) is 12.1. The molecule has 3 heteroatoms. The van der Waals surface area contributed by atoms with Gasteiger partial charge in [-0.25, -0.2) is 0 Å². The van der Waals surface area contributed by atoms with E-state index in [9.17, 15) is 0 Å². The first-order valence-corrected chi connectivity index (χ1v) is 6.17. The largest absolute Gasteiger partial charge is 0.497 e. The molecular formula is C14H14BrNO. The Balaban J connectivity index is 2.51. The maximum absolute atomic E-state index is 5.78. The van der Waals surface area contributed by atoms with Crippen LogP contribution in [0.5, 0.6) is 5.75 Å². The number of rotatable bonds is 3. The van der Waals surface area contributed by atoms with Crippen LogP contribution in [0.15, 0.2) is 46.9 Å². The van der Waals surface area contributed by atoms with Crippen molar-refractivity contribution < 1.29 is 4.74 Å². The minimum atomic E-state index is 0.499. The van der Waals surface area contributed by atoms with Gasteiger partial charge in [-0.05, 0) is 41.0 Å². The molecule has 0 radical (unpaired) electrons. The van der Waals surface area contributed by atoms with E-state index in [1.165, 1.54) is 0 Å². The molecule has 2 nitrogen and oxygen atoms in total. The van der Waals surface area contributed by atoms with Crippen LogP contribution in [0.2, 0.25) is 0 Å². The summed E-state index contributed by atoms with van der Waals surface area (Å²) in [6.45, 7) is 0.499. The topological polar surface area (TPSA) is 35.2 Å². The Bertz CT molecular complexity index is 525. The number of hydrogen-bond acceptors (Lipinski definition) is 2. The molecule has 2 rings (SSSR count). The van der Waals surface area contributed by atoms with E-state index in [1.807, 2.05) is 30.3 Å². The van der Waals surface area contributed by atoms with Gasteiger partial charge in [0.25, 0.3) is 0 Å². The molecule has 0 heterocycles. The van der Waals surface area contributed by atoms with E-state index < -0.39 is 0 Å². The second kappa shape index (κ2) is 5.34. The molecule has 0 bridgehead atoms. The summed E-state index contributed by atoms with van der Waals surface area (Å²) < 4.78 is 6.27. The van der Waals surface area contributed by atoms with E-state index >= 15 is 0 Å². The molecule has 0 saturated heterocycles. The van der Waals surface area contributed by atoms with Crippen molar-refractivity contribution >= 4 is 15.9 Å². The Kier molecular flexibility index (Phi) is 3.82. The Morgan fingerprint density at radius 2 is 2.00 bits per heavy atom. The Morgan fingerprint density at radius 3 is 2.65 bits per heavy atom. The van der Waals surface area contributed by atoms with Gasteiger partial charge in [0, 0.05) is 11.0 Å². The highest BCUT2D eigenvalue weighted by Gasteiger charge is 2.05. The van der Waals surface area contributed by atoms with Gasteiger partial charge in [-0.1, -0.05) is 34.1 Å². The molecule has 0 aliphatic heterocycles. The van der Waals surface area contributed by atoms with Crippen LogP contribution in [0.3, 0.4) is 0 Å². The zero-order chi connectivity index (χ0) is 12.3. The molecule has 2 aromatic rings. The summed E-state index contributed by atoms with van der Waals surface area (Å²) in [7, 11) is 1.66. The summed E-state index contributed by atoms with van der Waals surface area (Å²) in [5.74, 6) is 0.837. The summed E-state index contributed by atoms with van der Waals surface area (Å²) in [6.07, 6.45) is 0. The Morgan fingerprint density at radius 1 is 1.18 bits per heavy atom. The molecule has 0 aromatic heterocycles. The number of hydrogen-bond donors (Lipinski definition) is 1. The number of nitrogens with two attached hydrogens (primary N) is 1. The molecule has 0 saturated carbocycles. The van der Waals surface area contributed by atoms with E-state index in [0.717, 1.165) is 26.9 Å². The molecule has 0 aliphatic rings. The maximum Gasteiger partial charge on any atom is 0.119 e. The molecule has 0 fully saturated rings. The number of halogens is 1. The van der Waals surface area contributed by atoms with Gasteiger partial charge in [0.15, 0.2) is 0 Å². The van der Waals surface area contributed by atoms with Crippen LogP contribution < -0.4 is 10.5 Å². The van der Waals surface area contributed by atoms with Crippen molar-refractivity contribution in [2.45, 2.75) is 6.54 Å². The van der Waals surface area contributed by atoms with Crippen LogP contribution in [-0.2, 0) is 6.54 Å². The molecule has 0 spiro atoms. The third-order valence-corrected chi connectivity index (χ3v) is 3.16. The van der Waals surface area contributed by atoms with Gasteiger partial charge in [0.1, 0.15) is 5.75 Å². The van der Waals surface area contributed by atoms with Crippen molar-refractivity contribution in [1.29, 1.82) is 0 Å². The second-order valence-electron chi connectivity index (χ2n) is 3.74. The fraction of sp³-hybridized carbons (Fsp3) is 0.143. The number of ether oxygens (including phenoxy) is 1. The summed E-state index contributed by atoms with van der Waals surface area (Å²) in [4.78, 5) is 0.